The van der Waals surface area contributed by atoms with Crippen LogP contribution in [0, 0.1) is 0 Å². The molecule has 4 aromatic rings. The van der Waals surface area contributed by atoms with Gasteiger partial charge in [-0.3, -0.25) is 47.2 Å². The third-order valence-electron chi connectivity index (χ3n) is 7.52. The van der Waals surface area contributed by atoms with Crippen molar-refractivity contribution in [1.82, 2.24) is 34.5 Å². The fourth-order valence-corrected chi connectivity index (χ4v) is 7.46. The number of nitrogens with zero attached hydrogens (tertiary/aromatic N) is 5. The first-order chi connectivity index (χ1) is 21.7. The van der Waals surface area contributed by atoms with Crippen molar-refractivity contribution < 1.29 is 56.2 Å². The molecule has 0 spiro atoms. The summed E-state index contributed by atoms with van der Waals surface area (Å²) in [5, 5.41) is 11.1. The van der Waals surface area contributed by atoms with Crippen LogP contribution in [0.15, 0.2) is 22.2 Å². The van der Waals surface area contributed by atoms with Crippen molar-refractivity contribution in [1.29, 1.82) is 0 Å². The molecule has 3 aliphatic heterocycles. The predicted octanol–water partition coefficient (Wildman–Crippen LogP) is -3.66. The van der Waals surface area contributed by atoms with Crippen LogP contribution in [0.25, 0.3) is 22.3 Å². The van der Waals surface area contributed by atoms with Crippen LogP contribution in [0.1, 0.15) is 12.5 Å². The summed E-state index contributed by atoms with van der Waals surface area (Å²) in [7, 11) is -10.1. The molecule has 0 amide bonds. The van der Waals surface area contributed by atoms with Crippen molar-refractivity contribution >= 4 is 49.9 Å². The lowest BCUT2D eigenvalue weighted by Crippen LogP contribution is -2.50. The first kappa shape index (κ1) is 31.0. The van der Waals surface area contributed by atoms with Crippen LogP contribution in [0.2, 0.25) is 0 Å². The highest BCUT2D eigenvalue weighted by atomic mass is 31.2. The molecule has 0 saturated carbocycles. The van der Waals surface area contributed by atoms with Gasteiger partial charge in [0, 0.05) is 0 Å². The second kappa shape index (κ2) is 11.0. The lowest BCUT2D eigenvalue weighted by Gasteiger charge is -2.28. The predicted molar refractivity (Wildman–Crippen MR) is 147 cm³/mol. The Hall–Kier alpha value is -3.64. The molecule has 3 fully saturated rings. The minimum absolute atomic E-state index is 0.00984. The number of aliphatic hydroxyl groups excluding tert-OH is 1. The molecule has 10 unspecified atom stereocenters. The Morgan fingerprint density at radius 3 is 2.30 bits per heavy atom. The SMILES string of the molecule is Nc1nc2c(ncn2C2OC3COP(=O)(O)OC4C(COP(=O)(O)OC3C2O)OC([n+]2c[nH]c3c(=O)[nH]c(N)nc32)C4N)c(=O)[nH]1. The number of anilines is 2. The van der Waals surface area contributed by atoms with Gasteiger partial charge in [-0.05, 0) is 0 Å². The third kappa shape index (κ3) is 5.33. The lowest BCUT2D eigenvalue weighted by atomic mass is 10.1. The Morgan fingerprint density at radius 2 is 1.59 bits per heavy atom. The smallest absolute Gasteiger partial charge is 0.386 e. The van der Waals surface area contributed by atoms with Crippen molar-refractivity contribution in [3.8, 4) is 0 Å². The number of H-pyrrole nitrogens is 3. The van der Waals surface area contributed by atoms with E-state index < -0.39 is 89.0 Å². The molecular formula is C20H26N11O13P2+. The second-order valence-corrected chi connectivity index (χ2v) is 13.3. The number of aromatic amines is 3. The van der Waals surface area contributed by atoms with E-state index in [1.54, 1.807) is 0 Å². The van der Waals surface area contributed by atoms with E-state index in [9.17, 15) is 33.6 Å². The summed E-state index contributed by atoms with van der Waals surface area (Å²) in [6, 6.07) is -1.27. The number of hydrogen-bond acceptors (Lipinski definition) is 17. The third-order valence-corrected chi connectivity index (χ3v) is 9.49. The lowest BCUT2D eigenvalue weighted by molar-refractivity contribution is -0.740. The Bertz CT molecular complexity index is 1900. The highest BCUT2D eigenvalue weighted by Gasteiger charge is 2.54. The van der Waals surface area contributed by atoms with E-state index in [2.05, 4.69) is 29.9 Å². The van der Waals surface area contributed by atoms with Crippen LogP contribution >= 0.6 is 15.6 Å². The van der Waals surface area contributed by atoms with E-state index in [1.807, 2.05) is 0 Å². The minimum Gasteiger partial charge on any atom is -0.386 e. The number of rotatable bonds is 2. The fourth-order valence-electron chi connectivity index (χ4n) is 5.51. The number of fused-ring (bicyclic) bond motifs is 4. The molecule has 0 aliphatic carbocycles. The van der Waals surface area contributed by atoms with E-state index in [0.717, 1.165) is 10.9 Å². The summed E-state index contributed by atoms with van der Waals surface area (Å²) in [6.07, 6.45) is -8.13. The van der Waals surface area contributed by atoms with Crippen LogP contribution in [-0.2, 0) is 36.7 Å². The van der Waals surface area contributed by atoms with Gasteiger partial charge in [0.05, 0.1) is 25.6 Å². The van der Waals surface area contributed by atoms with Gasteiger partial charge >= 0.3 is 21.3 Å². The molecule has 26 heteroatoms. The Balaban J connectivity index is 1.18. The molecule has 46 heavy (non-hydrogen) atoms. The van der Waals surface area contributed by atoms with Gasteiger partial charge in [-0.25, -0.2) is 18.7 Å². The zero-order valence-corrected chi connectivity index (χ0v) is 24.8. The zero-order valence-electron chi connectivity index (χ0n) is 23.0. The number of phosphoric acid groups is 2. The number of nitrogens with two attached hydrogens (primary N) is 3. The maximum absolute atomic E-state index is 13.1. The topological polar surface area (TPSA) is 357 Å². The number of ether oxygens (including phenoxy) is 2. The van der Waals surface area contributed by atoms with Gasteiger partial charge < -0.3 is 41.6 Å². The number of aromatic nitrogens is 8. The highest BCUT2D eigenvalue weighted by Crippen LogP contribution is 2.53. The molecule has 7 rings (SSSR count). The first-order valence-corrected chi connectivity index (χ1v) is 16.3. The average molecular weight is 690 g/mol. The molecule has 12 N–H and O–H groups in total. The molecule has 0 aromatic carbocycles. The first-order valence-electron chi connectivity index (χ1n) is 13.3. The van der Waals surface area contributed by atoms with Gasteiger partial charge in [0.15, 0.2) is 23.7 Å². The Morgan fingerprint density at radius 1 is 0.957 bits per heavy atom. The largest absolute Gasteiger partial charge is 0.472 e. The summed E-state index contributed by atoms with van der Waals surface area (Å²) < 4.78 is 61.3. The van der Waals surface area contributed by atoms with Crippen LogP contribution in [0.3, 0.4) is 0 Å². The average Bonchev–Trinajstić information content (AvgIpc) is 3.72. The second-order valence-electron chi connectivity index (χ2n) is 10.5. The summed E-state index contributed by atoms with van der Waals surface area (Å²) >= 11 is 0. The molecular weight excluding hydrogens is 664 g/mol. The van der Waals surface area contributed by atoms with E-state index in [0.29, 0.717) is 0 Å². The molecule has 10 atom stereocenters. The van der Waals surface area contributed by atoms with Crippen molar-refractivity contribution in [2.75, 3.05) is 24.7 Å². The highest BCUT2D eigenvalue weighted by molar-refractivity contribution is 7.47. The quantitative estimate of drug-likeness (QED) is 0.0722. The molecule has 248 valence electrons. The minimum atomic E-state index is -5.05. The Kier molecular flexibility index (Phi) is 7.39. The van der Waals surface area contributed by atoms with Gasteiger partial charge in [0.2, 0.25) is 17.7 Å². The van der Waals surface area contributed by atoms with Gasteiger partial charge in [-0.1, -0.05) is 4.98 Å². The molecule has 3 saturated heterocycles. The summed E-state index contributed by atoms with van der Waals surface area (Å²) in [6.45, 7) is -1.60. The number of phosphoric ester groups is 2. The van der Waals surface area contributed by atoms with Crippen LogP contribution in [-0.4, -0.2) is 99.1 Å². The summed E-state index contributed by atoms with van der Waals surface area (Å²) in [5.74, 6) is -0.489. The van der Waals surface area contributed by atoms with Gasteiger partial charge in [-0.15, -0.1) is 0 Å². The standard InChI is InChI=1S/C20H25N11O13P2/c21-7-11-5(41-17(7)30-3-24-8-13(30)26-19(22)28-15(8)33)1-39-46(37,38)44-12-6(2-40-45(35,36)43-11)42-18(10(12)32)31-4-25-9-14(31)27-20(23)29-16(9)34/h3-7,10-12,17-18,32H,1-2,21H2,(H8,22,23,26,27,28,29,33,34,35,36,37,38)/p+1. The zero-order chi connectivity index (χ0) is 32.7. The van der Waals surface area contributed by atoms with Crippen LogP contribution in [0.5, 0.6) is 0 Å². The molecule has 0 radical (unpaired) electrons. The molecule has 24 nitrogen and oxygen atoms in total. The van der Waals surface area contributed by atoms with E-state index in [4.69, 9.17) is 44.8 Å². The number of nitrogen functional groups attached to an aromatic ring is 2. The van der Waals surface area contributed by atoms with Gasteiger partial charge in [0.1, 0.15) is 30.5 Å². The Labute approximate surface area is 253 Å². The summed E-state index contributed by atoms with van der Waals surface area (Å²) in [5.41, 5.74) is 16.1. The number of nitrogens with one attached hydrogen (secondary N) is 3. The summed E-state index contributed by atoms with van der Waals surface area (Å²) in [4.78, 5) is 65.1. The van der Waals surface area contributed by atoms with Crippen LogP contribution < -0.4 is 32.9 Å². The normalized spacial score (nSPS) is 37.1. The van der Waals surface area contributed by atoms with Crippen molar-refractivity contribution in [2.24, 2.45) is 5.73 Å². The molecule has 7 heterocycles. The van der Waals surface area contributed by atoms with E-state index in [-0.39, 0.29) is 34.2 Å². The number of imidazole rings is 2. The number of aliphatic hydroxyl groups is 1. The van der Waals surface area contributed by atoms with Crippen molar-refractivity contribution in [3.05, 3.63) is 33.4 Å². The van der Waals surface area contributed by atoms with Crippen LogP contribution in [0.4, 0.5) is 11.9 Å². The molecule has 4 aromatic heterocycles. The number of hydrogen-bond donors (Lipinski definition) is 9. The van der Waals surface area contributed by atoms with E-state index in [1.165, 1.54) is 10.9 Å². The van der Waals surface area contributed by atoms with Crippen molar-refractivity contribution in [2.45, 2.75) is 49.0 Å². The fraction of sp³-hybridized carbons (Fsp3) is 0.500. The maximum Gasteiger partial charge on any atom is 0.472 e. The van der Waals surface area contributed by atoms with Gasteiger partial charge in [0.25, 0.3) is 17.1 Å². The maximum atomic E-state index is 13.1. The van der Waals surface area contributed by atoms with E-state index >= 15 is 0 Å². The molecule has 0 bridgehead atoms. The van der Waals surface area contributed by atoms with Gasteiger partial charge in [-0.2, -0.15) is 4.98 Å². The monoisotopic (exact) mass is 690 g/mol. The van der Waals surface area contributed by atoms with Crippen molar-refractivity contribution in [3.63, 3.8) is 0 Å². The molecule has 3 aliphatic rings.